The summed E-state index contributed by atoms with van der Waals surface area (Å²) in [6, 6.07) is 1.43. The van der Waals surface area contributed by atoms with Gasteiger partial charge in [0, 0.05) is 18.8 Å². The van der Waals surface area contributed by atoms with Gasteiger partial charge in [0.15, 0.2) is 0 Å². The van der Waals surface area contributed by atoms with Gasteiger partial charge in [-0.15, -0.1) is 0 Å². The average molecular weight is 240 g/mol. The van der Waals surface area contributed by atoms with Crippen molar-refractivity contribution in [3.63, 3.8) is 0 Å². The Kier molecular flexibility index (Phi) is 5.02. The Morgan fingerprint density at radius 2 is 2.06 bits per heavy atom. The highest BCUT2D eigenvalue weighted by Gasteiger charge is 2.22. The molecule has 2 N–H and O–H groups in total. The maximum atomic E-state index is 13.0. The number of nitrogens with one attached hydrogen (secondary N) is 1. The molecule has 0 spiro atoms. The van der Waals surface area contributed by atoms with Gasteiger partial charge >= 0.3 is 0 Å². The van der Waals surface area contributed by atoms with Crippen molar-refractivity contribution in [1.82, 2.24) is 10.3 Å². The van der Waals surface area contributed by atoms with Crippen LogP contribution in [0.1, 0.15) is 45.2 Å². The van der Waals surface area contributed by atoms with E-state index < -0.39 is 5.60 Å². The summed E-state index contributed by atoms with van der Waals surface area (Å²) in [5.41, 5.74) is 0.106. The van der Waals surface area contributed by atoms with Crippen LogP contribution in [0.2, 0.25) is 0 Å². The normalized spacial score (nSPS) is 13.7. The SMILES string of the molecule is CCC(O)(CC)CNC(C)c1cncc(F)c1. The van der Waals surface area contributed by atoms with Crippen molar-refractivity contribution in [3.05, 3.63) is 29.8 Å². The average Bonchev–Trinajstić information content (AvgIpc) is 2.35. The minimum atomic E-state index is -0.686. The van der Waals surface area contributed by atoms with Crippen LogP contribution in [0.5, 0.6) is 0 Å². The highest BCUT2D eigenvalue weighted by atomic mass is 19.1. The second kappa shape index (κ2) is 6.07. The number of aromatic nitrogens is 1. The standard InChI is InChI=1S/C13H21FN2O/c1-4-13(17,5-2)9-16-10(3)11-6-12(14)8-15-7-11/h6-8,10,16-17H,4-5,9H2,1-3H3. The van der Waals surface area contributed by atoms with Gasteiger partial charge in [-0.1, -0.05) is 13.8 Å². The molecule has 0 bridgehead atoms. The van der Waals surface area contributed by atoms with E-state index in [2.05, 4.69) is 10.3 Å². The number of rotatable bonds is 6. The van der Waals surface area contributed by atoms with Gasteiger partial charge < -0.3 is 10.4 Å². The fourth-order valence-corrected chi connectivity index (χ4v) is 1.63. The number of hydrogen-bond acceptors (Lipinski definition) is 3. The summed E-state index contributed by atoms with van der Waals surface area (Å²) in [6.45, 7) is 6.35. The second-order valence-corrected chi connectivity index (χ2v) is 4.47. The predicted molar refractivity (Wildman–Crippen MR) is 66.1 cm³/mol. The Bertz CT molecular complexity index is 353. The molecule has 0 radical (unpaired) electrons. The zero-order valence-electron chi connectivity index (χ0n) is 10.7. The van der Waals surface area contributed by atoms with Crippen molar-refractivity contribution >= 4 is 0 Å². The molecule has 1 aromatic heterocycles. The molecule has 0 aliphatic carbocycles. The molecule has 1 unspecified atom stereocenters. The number of aliphatic hydroxyl groups is 1. The van der Waals surface area contributed by atoms with Crippen LogP contribution in [0.3, 0.4) is 0 Å². The summed E-state index contributed by atoms with van der Waals surface area (Å²) in [4.78, 5) is 3.81. The highest BCUT2D eigenvalue weighted by Crippen LogP contribution is 2.17. The zero-order valence-corrected chi connectivity index (χ0v) is 10.7. The number of halogens is 1. The van der Waals surface area contributed by atoms with Gasteiger partial charge in [0.2, 0.25) is 0 Å². The Hall–Kier alpha value is -1.00. The van der Waals surface area contributed by atoms with E-state index in [0.717, 1.165) is 5.56 Å². The van der Waals surface area contributed by atoms with Crippen LogP contribution in [-0.2, 0) is 0 Å². The first-order valence-electron chi connectivity index (χ1n) is 6.07. The number of hydrogen-bond donors (Lipinski definition) is 2. The quantitative estimate of drug-likeness (QED) is 0.802. The fourth-order valence-electron chi connectivity index (χ4n) is 1.63. The Morgan fingerprint density at radius 3 is 2.59 bits per heavy atom. The van der Waals surface area contributed by atoms with E-state index in [-0.39, 0.29) is 11.9 Å². The topological polar surface area (TPSA) is 45.1 Å². The van der Waals surface area contributed by atoms with Crippen molar-refractivity contribution < 1.29 is 9.50 Å². The van der Waals surface area contributed by atoms with Crippen molar-refractivity contribution in [2.75, 3.05) is 6.54 Å². The minimum Gasteiger partial charge on any atom is -0.389 e. The molecule has 0 saturated carbocycles. The smallest absolute Gasteiger partial charge is 0.141 e. The monoisotopic (exact) mass is 240 g/mol. The minimum absolute atomic E-state index is 0.0252. The van der Waals surface area contributed by atoms with E-state index in [4.69, 9.17) is 0 Å². The molecule has 4 heteroatoms. The molecule has 0 aliphatic heterocycles. The molecule has 1 rings (SSSR count). The summed E-state index contributed by atoms with van der Waals surface area (Å²) in [7, 11) is 0. The first kappa shape index (κ1) is 14.1. The van der Waals surface area contributed by atoms with E-state index in [9.17, 15) is 9.50 Å². The van der Waals surface area contributed by atoms with Crippen molar-refractivity contribution in [2.24, 2.45) is 0 Å². The third kappa shape index (κ3) is 4.06. The largest absolute Gasteiger partial charge is 0.389 e. The molecule has 0 amide bonds. The molecule has 1 atom stereocenters. The molecule has 0 aromatic carbocycles. The van der Waals surface area contributed by atoms with Gasteiger partial charge in [-0.05, 0) is 31.4 Å². The van der Waals surface area contributed by atoms with Gasteiger partial charge in [-0.3, -0.25) is 4.98 Å². The lowest BCUT2D eigenvalue weighted by Crippen LogP contribution is -2.40. The summed E-state index contributed by atoms with van der Waals surface area (Å²) in [5.74, 6) is -0.336. The van der Waals surface area contributed by atoms with Gasteiger partial charge in [0.05, 0.1) is 11.8 Å². The van der Waals surface area contributed by atoms with E-state index in [1.54, 1.807) is 6.20 Å². The predicted octanol–water partition coefficient (Wildman–Crippen LogP) is 2.42. The van der Waals surface area contributed by atoms with Crippen molar-refractivity contribution in [3.8, 4) is 0 Å². The van der Waals surface area contributed by atoms with Crippen LogP contribution >= 0.6 is 0 Å². The molecule has 0 aliphatic rings. The lowest BCUT2D eigenvalue weighted by Gasteiger charge is -2.27. The second-order valence-electron chi connectivity index (χ2n) is 4.47. The maximum Gasteiger partial charge on any atom is 0.141 e. The van der Waals surface area contributed by atoms with Crippen molar-refractivity contribution in [1.29, 1.82) is 0 Å². The lowest BCUT2D eigenvalue weighted by molar-refractivity contribution is 0.0303. The van der Waals surface area contributed by atoms with Crippen LogP contribution in [0, 0.1) is 5.82 Å². The van der Waals surface area contributed by atoms with E-state index >= 15 is 0 Å². The zero-order chi connectivity index (χ0) is 12.9. The van der Waals surface area contributed by atoms with E-state index in [1.807, 2.05) is 20.8 Å². The molecule has 1 aromatic rings. The molecule has 0 fully saturated rings. The summed E-state index contributed by atoms with van der Waals surface area (Å²) < 4.78 is 13.0. The van der Waals surface area contributed by atoms with Crippen LogP contribution in [0.15, 0.2) is 18.5 Å². The Labute approximate surface area is 102 Å². The summed E-state index contributed by atoms with van der Waals surface area (Å²) >= 11 is 0. The van der Waals surface area contributed by atoms with Crippen LogP contribution in [-0.4, -0.2) is 22.2 Å². The third-order valence-electron chi connectivity index (χ3n) is 3.28. The molecular weight excluding hydrogens is 219 g/mol. The third-order valence-corrected chi connectivity index (χ3v) is 3.28. The van der Waals surface area contributed by atoms with Gasteiger partial charge in [-0.25, -0.2) is 4.39 Å². The number of pyridine rings is 1. The molecule has 1 heterocycles. The van der Waals surface area contributed by atoms with Gasteiger partial charge in [0.1, 0.15) is 5.82 Å². The van der Waals surface area contributed by atoms with E-state index in [0.29, 0.717) is 19.4 Å². The maximum absolute atomic E-state index is 13.0. The molecule has 0 saturated heterocycles. The highest BCUT2D eigenvalue weighted by molar-refractivity contribution is 5.14. The Balaban J connectivity index is 2.58. The van der Waals surface area contributed by atoms with Gasteiger partial charge in [0.25, 0.3) is 0 Å². The van der Waals surface area contributed by atoms with Gasteiger partial charge in [-0.2, -0.15) is 0 Å². The summed E-state index contributed by atoms with van der Waals surface area (Å²) in [6.07, 6.45) is 4.22. The number of nitrogens with zero attached hydrogens (tertiary/aromatic N) is 1. The van der Waals surface area contributed by atoms with E-state index in [1.165, 1.54) is 12.3 Å². The fraction of sp³-hybridized carbons (Fsp3) is 0.615. The van der Waals surface area contributed by atoms with Crippen LogP contribution in [0.25, 0.3) is 0 Å². The molecular formula is C13H21FN2O. The lowest BCUT2D eigenvalue weighted by atomic mass is 9.97. The first-order chi connectivity index (χ1) is 8.00. The van der Waals surface area contributed by atoms with Crippen LogP contribution < -0.4 is 5.32 Å². The Morgan fingerprint density at radius 1 is 1.41 bits per heavy atom. The first-order valence-corrected chi connectivity index (χ1v) is 6.07. The molecule has 17 heavy (non-hydrogen) atoms. The summed E-state index contributed by atoms with van der Waals surface area (Å²) in [5, 5.41) is 13.3. The molecule has 3 nitrogen and oxygen atoms in total. The van der Waals surface area contributed by atoms with Crippen LogP contribution in [0.4, 0.5) is 4.39 Å². The van der Waals surface area contributed by atoms with Crippen molar-refractivity contribution in [2.45, 2.75) is 45.3 Å². The molecule has 96 valence electrons.